The molecule has 0 aliphatic carbocycles. The van der Waals surface area contributed by atoms with Crippen molar-refractivity contribution in [1.29, 1.82) is 5.26 Å². The summed E-state index contributed by atoms with van der Waals surface area (Å²) in [6, 6.07) is 9.57. The van der Waals surface area contributed by atoms with E-state index in [-0.39, 0.29) is 0 Å². The number of rotatable bonds is 7. The summed E-state index contributed by atoms with van der Waals surface area (Å²) in [5, 5.41) is 12.5. The molecule has 1 saturated heterocycles. The molecule has 1 N–H and O–H groups in total. The summed E-state index contributed by atoms with van der Waals surface area (Å²) in [5.74, 6) is 1.15. The number of nitrogens with one attached hydrogen (secondary N) is 1. The summed E-state index contributed by atoms with van der Waals surface area (Å²) in [5.41, 5.74) is 3.17. The summed E-state index contributed by atoms with van der Waals surface area (Å²) >= 11 is 0. The Kier molecular flexibility index (Phi) is 6.03. The molecule has 0 unspecified atom stereocenters. The molecular formula is C20H25N5O. The number of anilines is 2. The van der Waals surface area contributed by atoms with Crippen molar-refractivity contribution in [2.75, 3.05) is 31.6 Å². The van der Waals surface area contributed by atoms with Crippen LogP contribution in [-0.4, -0.2) is 41.1 Å². The van der Waals surface area contributed by atoms with Crippen LogP contribution >= 0.6 is 0 Å². The van der Waals surface area contributed by atoms with Crippen molar-refractivity contribution in [3.8, 4) is 11.8 Å². The maximum Gasteiger partial charge on any atom is 0.227 e. The Morgan fingerprint density at radius 3 is 2.58 bits per heavy atom. The lowest BCUT2D eigenvalue weighted by Gasteiger charge is -2.15. The van der Waals surface area contributed by atoms with E-state index in [4.69, 9.17) is 4.74 Å². The molecular weight excluding hydrogens is 326 g/mol. The van der Waals surface area contributed by atoms with Crippen LogP contribution in [-0.2, 0) is 0 Å². The highest BCUT2D eigenvalue weighted by Crippen LogP contribution is 2.25. The Morgan fingerprint density at radius 2 is 1.88 bits per heavy atom. The minimum atomic E-state index is 0.540. The van der Waals surface area contributed by atoms with Gasteiger partial charge in [-0.25, -0.2) is 9.97 Å². The van der Waals surface area contributed by atoms with E-state index in [1.165, 1.54) is 25.9 Å². The highest BCUT2D eigenvalue weighted by molar-refractivity contribution is 5.60. The third-order valence-electron chi connectivity index (χ3n) is 4.42. The third kappa shape index (κ3) is 4.93. The number of nitrogens with zero attached hydrogens (tertiary/aromatic N) is 4. The molecule has 0 amide bonds. The van der Waals surface area contributed by atoms with E-state index in [0.29, 0.717) is 23.9 Å². The largest absolute Gasteiger partial charge is 0.492 e. The van der Waals surface area contributed by atoms with Gasteiger partial charge in [-0.05, 0) is 64.4 Å². The number of benzene rings is 1. The lowest BCUT2D eigenvalue weighted by Crippen LogP contribution is -2.22. The van der Waals surface area contributed by atoms with Gasteiger partial charge >= 0.3 is 0 Å². The lowest BCUT2D eigenvalue weighted by atomic mass is 10.2. The Labute approximate surface area is 154 Å². The van der Waals surface area contributed by atoms with Crippen LogP contribution in [0.2, 0.25) is 0 Å². The fourth-order valence-electron chi connectivity index (χ4n) is 3.20. The van der Waals surface area contributed by atoms with Gasteiger partial charge < -0.3 is 15.0 Å². The zero-order valence-corrected chi connectivity index (χ0v) is 15.5. The molecule has 0 saturated carbocycles. The van der Waals surface area contributed by atoms with Crippen LogP contribution in [0.15, 0.2) is 24.3 Å². The van der Waals surface area contributed by atoms with E-state index in [0.717, 1.165) is 30.0 Å². The van der Waals surface area contributed by atoms with Gasteiger partial charge in [-0.2, -0.15) is 5.26 Å². The fourth-order valence-corrected chi connectivity index (χ4v) is 3.20. The zero-order valence-electron chi connectivity index (χ0n) is 15.5. The summed E-state index contributed by atoms with van der Waals surface area (Å²) in [7, 11) is 0. The van der Waals surface area contributed by atoms with Gasteiger partial charge in [0.05, 0.1) is 12.2 Å². The average Bonchev–Trinajstić information content (AvgIpc) is 3.11. The Bertz CT molecular complexity index is 773. The van der Waals surface area contributed by atoms with Crippen LogP contribution in [0.3, 0.4) is 0 Å². The predicted molar refractivity (Wildman–Crippen MR) is 102 cm³/mol. The minimum Gasteiger partial charge on any atom is -0.492 e. The van der Waals surface area contributed by atoms with Crippen LogP contribution in [0.1, 0.15) is 36.2 Å². The highest BCUT2D eigenvalue weighted by Gasteiger charge is 2.11. The van der Waals surface area contributed by atoms with Gasteiger partial charge in [0.2, 0.25) is 5.95 Å². The van der Waals surface area contributed by atoms with Crippen molar-refractivity contribution >= 4 is 11.6 Å². The smallest absolute Gasteiger partial charge is 0.227 e. The van der Waals surface area contributed by atoms with Crippen molar-refractivity contribution in [1.82, 2.24) is 14.9 Å². The van der Waals surface area contributed by atoms with Crippen LogP contribution < -0.4 is 10.1 Å². The summed E-state index contributed by atoms with van der Waals surface area (Å²) in [4.78, 5) is 11.2. The summed E-state index contributed by atoms with van der Waals surface area (Å²) < 4.78 is 5.88. The number of hydrogen-bond acceptors (Lipinski definition) is 6. The number of ether oxygens (including phenoxy) is 1. The zero-order chi connectivity index (χ0) is 18.4. The normalized spacial score (nSPS) is 14.2. The van der Waals surface area contributed by atoms with E-state index in [1.54, 1.807) is 6.07 Å². The Morgan fingerprint density at radius 1 is 1.15 bits per heavy atom. The van der Waals surface area contributed by atoms with E-state index >= 15 is 0 Å². The second-order valence-corrected chi connectivity index (χ2v) is 6.67. The Hall–Kier alpha value is -2.65. The number of aryl methyl sites for hydroxylation is 2. The van der Waals surface area contributed by atoms with Crippen LogP contribution in [0.5, 0.6) is 5.75 Å². The van der Waals surface area contributed by atoms with Gasteiger partial charge in [0.1, 0.15) is 11.8 Å². The molecule has 1 fully saturated rings. The minimum absolute atomic E-state index is 0.540. The summed E-state index contributed by atoms with van der Waals surface area (Å²) in [6.45, 7) is 7.92. The Balaban J connectivity index is 1.62. The molecule has 136 valence electrons. The maximum absolute atomic E-state index is 9.32. The SMILES string of the molecule is Cc1cc(C)nc(Nc2ccc(C#N)c(OCCCN3CCCC3)c2)n1. The van der Waals surface area contributed by atoms with E-state index in [9.17, 15) is 5.26 Å². The van der Waals surface area contributed by atoms with E-state index in [2.05, 4.69) is 26.3 Å². The molecule has 2 heterocycles. The molecule has 0 radical (unpaired) electrons. The van der Waals surface area contributed by atoms with E-state index in [1.807, 2.05) is 32.0 Å². The second kappa shape index (κ2) is 8.63. The van der Waals surface area contributed by atoms with Gasteiger partial charge in [-0.15, -0.1) is 0 Å². The first kappa shape index (κ1) is 18.2. The van der Waals surface area contributed by atoms with Gasteiger partial charge in [0, 0.05) is 29.7 Å². The molecule has 1 aliphatic heterocycles. The predicted octanol–water partition coefficient (Wildman–Crippen LogP) is 3.57. The number of hydrogen-bond donors (Lipinski definition) is 1. The first-order valence-electron chi connectivity index (χ1n) is 9.12. The first-order valence-corrected chi connectivity index (χ1v) is 9.12. The van der Waals surface area contributed by atoms with Crippen LogP contribution in [0, 0.1) is 25.2 Å². The molecule has 2 aromatic rings. The highest BCUT2D eigenvalue weighted by atomic mass is 16.5. The average molecular weight is 351 g/mol. The quantitative estimate of drug-likeness (QED) is 0.769. The molecule has 0 bridgehead atoms. The van der Waals surface area contributed by atoms with Crippen molar-refractivity contribution in [2.45, 2.75) is 33.1 Å². The topological polar surface area (TPSA) is 74.1 Å². The fraction of sp³-hybridized carbons (Fsp3) is 0.450. The summed E-state index contributed by atoms with van der Waals surface area (Å²) in [6.07, 6.45) is 3.56. The molecule has 0 spiro atoms. The number of aromatic nitrogens is 2. The van der Waals surface area contributed by atoms with Gasteiger partial charge in [-0.1, -0.05) is 0 Å². The molecule has 6 nitrogen and oxygen atoms in total. The number of likely N-dealkylation sites (tertiary alicyclic amines) is 1. The molecule has 1 aromatic carbocycles. The monoisotopic (exact) mass is 351 g/mol. The van der Waals surface area contributed by atoms with Crippen molar-refractivity contribution in [3.05, 3.63) is 41.2 Å². The van der Waals surface area contributed by atoms with Gasteiger partial charge in [0.25, 0.3) is 0 Å². The molecule has 3 rings (SSSR count). The van der Waals surface area contributed by atoms with Crippen molar-refractivity contribution in [3.63, 3.8) is 0 Å². The number of nitriles is 1. The molecule has 0 atom stereocenters. The maximum atomic E-state index is 9.32. The van der Waals surface area contributed by atoms with Crippen molar-refractivity contribution < 1.29 is 4.74 Å². The first-order chi connectivity index (χ1) is 12.6. The van der Waals surface area contributed by atoms with E-state index < -0.39 is 0 Å². The molecule has 1 aliphatic rings. The lowest BCUT2D eigenvalue weighted by molar-refractivity contribution is 0.263. The van der Waals surface area contributed by atoms with Crippen LogP contribution in [0.4, 0.5) is 11.6 Å². The molecule has 26 heavy (non-hydrogen) atoms. The van der Waals surface area contributed by atoms with Gasteiger partial charge in [-0.3, -0.25) is 0 Å². The molecule has 6 heteroatoms. The second-order valence-electron chi connectivity index (χ2n) is 6.67. The molecule has 1 aromatic heterocycles. The third-order valence-corrected chi connectivity index (χ3v) is 4.42. The standard InChI is InChI=1S/C20H25N5O/c1-15-12-16(2)23-20(22-15)24-18-7-6-17(14-21)19(13-18)26-11-5-10-25-8-3-4-9-25/h6-7,12-13H,3-5,8-11H2,1-2H3,(H,22,23,24). The van der Waals surface area contributed by atoms with Gasteiger partial charge in [0.15, 0.2) is 0 Å². The van der Waals surface area contributed by atoms with Crippen LogP contribution in [0.25, 0.3) is 0 Å². The van der Waals surface area contributed by atoms with Crippen molar-refractivity contribution in [2.24, 2.45) is 0 Å².